The van der Waals surface area contributed by atoms with E-state index in [2.05, 4.69) is 46.6 Å². The number of aryl methyl sites for hydroxylation is 1. The maximum Gasteiger partial charge on any atom is 0.191 e. The molecule has 0 aromatic carbocycles. The SMILES string of the molecule is C/C=C/CCN=C(NCC)NCCc1ncc(C)s1.I. The zero-order valence-electron chi connectivity index (χ0n) is 12.5. The zero-order valence-corrected chi connectivity index (χ0v) is 15.6. The Morgan fingerprint density at radius 3 is 2.85 bits per heavy atom. The van der Waals surface area contributed by atoms with Crippen LogP contribution in [0.3, 0.4) is 0 Å². The van der Waals surface area contributed by atoms with Crippen LogP contribution < -0.4 is 10.6 Å². The van der Waals surface area contributed by atoms with Crippen molar-refractivity contribution in [1.29, 1.82) is 0 Å². The first-order chi connectivity index (χ1) is 9.26. The fourth-order valence-corrected chi connectivity index (χ4v) is 2.35. The fraction of sp³-hybridized carbons (Fsp3) is 0.571. The van der Waals surface area contributed by atoms with Gasteiger partial charge in [-0.3, -0.25) is 4.99 Å². The Morgan fingerprint density at radius 2 is 2.25 bits per heavy atom. The molecule has 0 aliphatic heterocycles. The van der Waals surface area contributed by atoms with Gasteiger partial charge in [-0.25, -0.2) is 4.98 Å². The molecule has 20 heavy (non-hydrogen) atoms. The van der Waals surface area contributed by atoms with Crippen LogP contribution in [0.5, 0.6) is 0 Å². The predicted molar refractivity (Wildman–Crippen MR) is 99.4 cm³/mol. The number of nitrogens with zero attached hydrogens (tertiary/aromatic N) is 2. The minimum atomic E-state index is 0. The standard InChI is InChI=1S/C14H24N4S.HI/c1-4-6-7-9-16-14(15-5-2)17-10-8-13-18-11-12(3)19-13;/h4,6,11H,5,7-10H2,1-3H3,(H2,15,16,17);1H/b6-4+;. The van der Waals surface area contributed by atoms with E-state index in [4.69, 9.17) is 0 Å². The summed E-state index contributed by atoms with van der Waals surface area (Å²) in [6.07, 6.45) is 8.04. The van der Waals surface area contributed by atoms with Gasteiger partial charge in [0.25, 0.3) is 0 Å². The number of nitrogens with one attached hydrogen (secondary N) is 2. The molecule has 0 spiro atoms. The van der Waals surface area contributed by atoms with Crippen LogP contribution in [0.1, 0.15) is 30.2 Å². The lowest BCUT2D eigenvalue weighted by atomic mass is 10.4. The van der Waals surface area contributed by atoms with E-state index in [9.17, 15) is 0 Å². The lowest BCUT2D eigenvalue weighted by Gasteiger charge is -2.10. The Bertz CT molecular complexity index is 415. The molecular weight excluding hydrogens is 383 g/mol. The van der Waals surface area contributed by atoms with Gasteiger partial charge in [-0.1, -0.05) is 12.2 Å². The first-order valence-corrected chi connectivity index (χ1v) is 7.62. The smallest absolute Gasteiger partial charge is 0.191 e. The second kappa shape index (κ2) is 12.1. The summed E-state index contributed by atoms with van der Waals surface area (Å²) in [6, 6.07) is 0. The minimum Gasteiger partial charge on any atom is -0.357 e. The molecule has 0 aliphatic carbocycles. The molecule has 0 saturated carbocycles. The molecule has 0 fully saturated rings. The van der Waals surface area contributed by atoms with E-state index in [0.29, 0.717) is 0 Å². The van der Waals surface area contributed by atoms with Crippen LogP contribution in [-0.4, -0.2) is 30.6 Å². The first-order valence-electron chi connectivity index (χ1n) is 6.81. The molecule has 1 rings (SSSR count). The first kappa shape index (κ1) is 19.4. The highest BCUT2D eigenvalue weighted by molar-refractivity contribution is 14.0. The normalized spacial score (nSPS) is 11.4. The van der Waals surface area contributed by atoms with E-state index in [-0.39, 0.29) is 24.0 Å². The Kier molecular flexibility index (Phi) is 11.8. The van der Waals surface area contributed by atoms with Crippen molar-refractivity contribution in [1.82, 2.24) is 15.6 Å². The molecule has 0 unspecified atom stereocenters. The Balaban J connectivity index is 0.00000361. The van der Waals surface area contributed by atoms with E-state index >= 15 is 0 Å². The van der Waals surface area contributed by atoms with Crippen molar-refractivity contribution in [2.24, 2.45) is 4.99 Å². The number of aromatic nitrogens is 1. The quantitative estimate of drug-likeness (QED) is 0.240. The monoisotopic (exact) mass is 408 g/mol. The van der Waals surface area contributed by atoms with Crippen molar-refractivity contribution < 1.29 is 0 Å². The predicted octanol–water partition coefficient (Wildman–Crippen LogP) is 3.13. The van der Waals surface area contributed by atoms with Gasteiger partial charge in [0.1, 0.15) is 0 Å². The van der Waals surface area contributed by atoms with Crippen LogP contribution in [0.25, 0.3) is 0 Å². The minimum absolute atomic E-state index is 0. The molecule has 0 aliphatic rings. The van der Waals surface area contributed by atoms with Crippen molar-refractivity contribution in [3.05, 3.63) is 28.2 Å². The number of allylic oxidation sites excluding steroid dienone is 1. The van der Waals surface area contributed by atoms with Gasteiger partial charge in [0.15, 0.2) is 5.96 Å². The average molecular weight is 408 g/mol. The van der Waals surface area contributed by atoms with E-state index < -0.39 is 0 Å². The highest BCUT2D eigenvalue weighted by Crippen LogP contribution is 2.10. The average Bonchev–Trinajstić information content (AvgIpc) is 2.80. The van der Waals surface area contributed by atoms with Crippen LogP contribution in [0.15, 0.2) is 23.3 Å². The molecule has 0 atom stereocenters. The molecule has 0 radical (unpaired) electrons. The Morgan fingerprint density at radius 1 is 1.45 bits per heavy atom. The number of guanidine groups is 1. The number of rotatable bonds is 7. The molecule has 1 aromatic rings. The van der Waals surface area contributed by atoms with Gasteiger partial charge in [-0.05, 0) is 27.2 Å². The van der Waals surface area contributed by atoms with Gasteiger partial charge < -0.3 is 10.6 Å². The van der Waals surface area contributed by atoms with Crippen molar-refractivity contribution >= 4 is 41.3 Å². The van der Waals surface area contributed by atoms with E-state index in [1.54, 1.807) is 11.3 Å². The van der Waals surface area contributed by atoms with Gasteiger partial charge in [0.2, 0.25) is 0 Å². The Labute approximate surface area is 143 Å². The lowest BCUT2D eigenvalue weighted by Crippen LogP contribution is -2.38. The lowest BCUT2D eigenvalue weighted by molar-refractivity contribution is 0.796. The summed E-state index contributed by atoms with van der Waals surface area (Å²) in [7, 11) is 0. The number of hydrogen-bond donors (Lipinski definition) is 2. The molecule has 1 aromatic heterocycles. The van der Waals surface area contributed by atoms with Gasteiger partial charge in [0, 0.05) is 37.1 Å². The second-order valence-corrected chi connectivity index (χ2v) is 5.48. The zero-order chi connectivity index (χ0) is 13.9. The molecule has 6 heteroatoms. The van der Waals surface area contributed by atoms with Crippen LogP contribution in [-0.2, 0) is 6.42 Å². The maximum absolute atomic E-state index is 4.51. The van der Waals surface area contributed by atoms with Crippen molar-refractivity contribution in [3.8, 4) is 0 Å². The van der Waals surface area contributed by atoms with Crippen LogP contribution >= 0.6 is 35.3 Å². The van der Waals surface area contributed by atoms with Crippen LogP contribution in [0, 0.1) is 6.92 Å². The fourth-order valence-electron chi connectivity index (χ4n) is 1.56. The highest BCUT2D eigenvalue weighted by atomic mass is 127. The molecule has 2 N–H and O–H groups in total. The topological polar surface area (TPSA) is 49.3 Å². The number of halogens is 1. The van der Waals surface area contributed by atoms with E-state index in [1.807, 2.05) is 13.1 Å². The summed E-state index contributed by atoms with van der Waals surface area (Å²) < 4.78 is 0. The number of thiazole rings is 1. The highest BCUT2D eigenvalue weighted by Gasteiger charge is 2.00. The summed E-state index contributed by atoms with van der Waals surface area (Å²) in [5, 5.41) is 7.76. The molecule has 0 amide bonds. The van der Waals surface area contributed by atoms with Gasteiger partial charge >= 0.3 is 0 Å². The Hall–Kier alpha value is -0.630. The summed E-state index contributed by atoms with van der Waals surface area (Å²) in [4.78, 5) is 10.1. The number of hydrogen-bond acceptors (Lipinski definition) is 3. The third-order valence-electron chi connectivity index (χ3n) is 2.45. The van der Waals surface area contributed by atoms with Crippen molar-refractivity contribution in [3.63, 3.8) is 0 Å². The summed E-state index contributed by atoms with van der Waals surface area (Å²) in [6.45, 7) is 8.75. The third kappa shape index (κ3) is 8.52. The van der Waals surface area contributed by atoms with Gasteiger partial charge in [-0.2, -0.15) is 0 Å². The van der Waals surface area contributed by atoms with Crippen molar-refractivity contribution in [2.75, 3.05) is 19.6 Å². The molecule has 0 saturated heterocycles. The summed E-state index contributed by atoms with van der Waals surface area (Å²) >= 11 is 1.76. The maximum atomic E-state index is 4.51. The molecular formula is C14H25IN4S. The van der Waals surface area contributed by atoms with Crippen LogP contribution in [0.2, 0.25) is 0 Å². The molecule has 1 heterocycles. The number of aliphatic imine (C=N–C) groups is 1. The van der Waals surface area contributed by atoms with Crippen LogP contribution in [0.4, 0.5) is 0 Å². The molecule has 0 bridgehead atoms. The second-order valence-electron chi connectivity index (χ2n) is 4.16. The molecule has 4 nitrogen and oxygen atoms in total. The summed E-state index contributed by atoms with van der Waals surface area (Å²) in [5.74, 6) is 0.889. The van der Waals surface area contributed by atoms with Gasteiger partial charge in [-0.15, -0.1) is 35.3 Å². The summed E-state index contributed by atoms with van der Waals surface area (Å²) in [5.41, 5.74) is 0. The largest absolute Gasteiger partial charge is 0.357 e. The third-order valence-corrected chi connectivity index (χ3v) is 3.42. The van der Waals surface area contributed by atoms with Crippen molar-refractivity contribution in [2.45, 2.75) is 33.6 Å². The van der Waals surface area contributed by atoms with E-state index in [1.165, 1.54) is 9.88 Å². The molecule has 114 valence electrons. The van der Waals surface area contributed by atoms with E-state index in [0.717, 1.165) is 38.4 Å². The van der Waals surface area contributed by atoms with Gasteiger partial charge in [0.05, 0.1) is 5.01 Å².